The first kappa shape index (κ1) is 11.9. The van der Waals surface area contributed by atoms with E-state index in [2.05, 4.69) is 16.6 Å². The van der Waals surface area contributed by atoms with Crippen LogP contribution < -0.4 is 10.6 Å². The number of nitrogens with one attached hydrogen (secondary N) is 2. The zero-order chi connectivity index (χ0) is 11.1. The Labute approximate surface area is 92.0 Å². The quantitative estimate of drug-likeness (QED) is 0.685. The minimum atomic E-state index is -0.145. The second-order valence-corrected chi connectivity index (χ2v) is 4.08. The predicted octanol–water partition coefficient (Wildman–Crippen LogP) is 2.03. The summed E-state index contributed by atoms with van der Waals surface area (Å²) < 4.78 is 0. The van der Waals surface area contributed by atoms with E-state index in [-0.39, 0.29) is 12.1 Å². The monoisotopic (exact) mass is 208 g/mol. The summed E-state index contributed by atoms with van der Waals surface area (Å²) >= 11 is 0. The molecular formula is C12H20N2O. The van der Waals surface area contributed by atoms with Gasteiger partial charge in [0.25, 0.3) is 0 Å². The molecule has 0 aromatic heterocycles. The minimum absolute atomic E-state index is 0.119. The Kier molecular flexibility index (Phi) is 5.03. The van der Waals surface area contributed by atoms with Crippen LogP contribution in [0, 0.1) is 12.3 Å². The lowest BCUT2D eigenvalue weighted by Crippen LogP contribution is -2.46. The summed E-state index contributed by atoms with van der Waals surface area (Å²) in [6.45, 7) is 1.96. The fraction of sp³-hybridized carbons (Fsp3) is 0.750. The van der Waals surface area contributed by atoms with E-state index in [9.17, 15) is 4.79 Å². The summed E-state index contributed by atoms with van der Waals surface area (Å²) in [5.74, 6) is 2.55. The summed E-state index contributed by atoms with van der Waals surface area (Å²) in [5, 5.41) is 5.75. The average Bonchev–Trinajstić information content (AvgIpc) is 2.27. The second kappa shape index (κ2) is 6.34. The Morgan fingerprint density at radius 2 is 2.13 bits per heavy atom. The molecule has 0 aromatic carbocycles. The van der Waals surface area contributed by atoms with Crippen molar-refractivity contribution in [2.24, 2.45) is 0 Å². The zero-order valence-corrected chi connectivity index (χ0v) is 9.38. The highest BCUT2D eigenvalue weighted by Gasteiger charge is 2.16. The van der Waals surface area contributed by atoms with Crippen LogP contribution in [0.15, 0.2) is 0 Å². The molecule has 1 atom stereocenters. The molecule has 0 aromatic rings. The van der Waals surface area contributed by atoms with Gasteiger partial charge in [0, 0.05) is 6.04 Å². The standard InChI is InChI=1S/C12H20N2O/c1-3-10(4-2)13-12(15)14-11-8-6-5-7-9-11/h1,10-11H,4-9H2,2H3,(H2,13,14,15). The molecule has 84 valence electrons. The Morgan fingerprint density at radius 1 is 1.47 bits per heavy atom. The third kappa shape index (κ3) is 4.24. The van der Waals surface area contributed by atoms with Gasteiger partial charge in [-0.1, -0.05) is 32.1 Å². The van der Waals surface area contributed by atoms with Crippen LogP contribution in [0.1, 0.15) is 45.4 Å². The highest BCUT2D eigenvalue weighted by atomic mass is 16.2. The lowest BCUT2D eigenvalue weighted by Gasteiger charge is -2.23. The molecule has 2 N–H and O–H groups in total. The molecule has 2 amide bonds. The molecule has 1 unspecified atom stereocenters. The van der Waals surface area contributed by atoms with E-state index >= 15 is 0 Å². The van der Waals surface area contributed by atoms with Gasteiger partial charge in [-0.2, -0.15) is 0 Å². The predicted molar refractivity (Wildman–Crippen MR) is 61.5 cm³/mol. The van der Waals surface area contributed by atoms with Crippen LogP contribution in [0.3, 0.4) is 0 Å². The lowest BCUT2D eigenvalue weighted by atomic mass is 9.96. The summed E-state index contributed by atoms with van der Waals surface area (Å²) in [6, 6.07) is 0.0781. The number of carbonyl (C=O) groups excluding carboxylic acids is 1. The van der Waals surface area contributed by atoms with Gasteiger partial charge in [-0.3, -0.25) is 0 Å². The maximum atomic E-state index is 11.5. The second-order valence-electron chi connectivity index (χ2n) is 4.08. The molecular weight excluding hydrogens is 188 g/mol. The van der Waals surface area contributed by atoms with Crippen LogP contribution in [0.2, 0.25) is 0 Å². The maximum absolute atomic E-state index is 11.5. The molecule has 3 heteroatoms. The molecule has 1 saturated carbocycles. The molecule has 0 heterocycles. The first-order valence-corrected chi connectivity index (χ1v) is 5.79. The van der Waals surface area contributed by atoms with Crippen LogP contribution >= 0.6 is 0 Å². The van der Waals surface area contributed by atoms with Crippen molar-refractivity contribution in [3.8, 4) is 12.3 Å². The molecule has 0 spiro atoms. The summed E-state index contributed by atoms with van der Waals surface area (Å²) in [5.41, 5.74) is 0. The van der Waals surface area contributed by atoms with Crippen LogP contribution in [0.5, 0.6) is 0 Å². The molecule has 3 nitrogen and oxygen atoms in total. The molecule has 0 bridgehead atoms. The van der Waals surface area contributed by atoms with Gasteiger partial charge in [-0.15, -0.1) is 6.42 Å². The number of carbonyl (C=O) groups is 1. The highest BCUT2D eigenvalue weighted by Crippen LogP contribution is 2.17. The summed E-state index contributed by atoms with van der Waals surface area (Å²) in [6.07, 6.45) is 12.0. The molecule has 15 heavy (non-hydrogen) atoms. The van der Waals surface area contributed by atoms with E-state index in [1.165, 1.54) is 19.3 Å². The van der Waals surface area contributed by atoms with Crippen LogP contribution in [-0.2, 0) is 0 Å². The van der Waals surface area contributed by atoms with Crippen molar-refractivity contribution in [3.05, 3.63) is 0 Å². The Balaban J connectivity index is 2.25. The Morgan fingerprint density at radius 3 is 2.67 bits per heavy atom. The number of rotatable bonds is 3. The lowest BCUT2D eigenvalue weighted by molar-refractivity contribution is 0.230. The molecule has 1 aliphatic carbocycles. The number of hydrogen-bond donors (Lipinski definition) is 2. The molecule has 1 fully saturated rings. The number of urea groups is 1. The first-order chi connectivity index (χ1) is 7.26. The third-order valence-corrected chi connectivity index (χ3v) is 2.86. The van der Waals surface area contributed by atoms with Gasteiger partial charge < -0.3 is 10.6 Å². The van der Waals surface area contributed by atoms with Crippen molar-refractivity contribution < 1.29 is 4.79 Å². The van der Waals surface area contributed by atoms with E-state index < -0.39 is 0 Å². The van der Waals surface area contributed by atoms with Gasteiger partial charge in [0.15, 0.2) is 0 Å². The van der Waals surface area contributed by atoms with Crippen molar-refractivity contribution in [2.45, 2.75) is 57.5 Å². The topological polar surface area (TPSA) is 41.1 Å². The largest absolute Gasteiger partial charge is 0.335 e. The van der Waals surface area contributed by atoms with Gasteiger partial charge in [-0.25, -0.2) is 4.79 Å². The smallest absolute Gasteiger partial charge is 0.315 e. The van der Waals surface area contributed by atoms with Crippen molar-refractivity contribution in [1.82, 2.24) is 10.6 Å². The SMILES string of the molecule is C#CC(CC)NC(=O)NC1CCCCC1. The average molecular weight is 208 g/mol. The highest BCUT2D eigenvalue weighted by molar-refractivity contribution is 5.75. The van der Waals surface area contributed by atoms with Crippen molar-refractivity contribution in [3.63, 3.8) is 0 Å². The Hall–Kier alpha value is -1.17. The fourth-order valence-corrected chi connectivity index (χ4v) is 1.89. The van der Waals surface area contributed by atoms with Crippen LogP contribution in [0.25, 0.3) is 0 Å². The van der Waals surface area contributed by atoms with Crippen molar-refractivity contribution in [2.75, 3.05) is 0 Å². The van der Waals surface area contributed by atoms with Crippen molar-refractivity contribution >= 4 is 6.03 Å². The van der Waals surface area contributed by atoms with Gasteiger partial charge in [-0.05, 0) is 19.3 Å². The molecule has 0 radical (unpaired) electrons. The first-order valence-electron chi connectivity index (χ1n) is 5.79. The normalized spacial score (nSPS) is 18.9. The van der Waals surface area contributed by atoms with Gasteiger partial charge in [0.05, 0.1) is 6.04 Å². The van der Waals surface area contributed by atoms with E-state index in [1.807, 2.05) is 6.92 Å². The molecule has 1 aliphatic rings. The van der Waals surface area contributed by atoms with E-state index in [0.717, 1.165) is 19.3 Å². The van der Waals surface area contributed by atoms with Gasteiger partial charge >= 0.3 is 6.03 Å². The number of hydrogen-bond acceptors (Lipinski definition) is 1. The Bertz CT molecular complexity index is 238. The number of amides is 2. The van der Waals surface area contributed by atoms with Crippen molar-refractivity contribution in [1.29, 1.82) is 0 Å². The molecule has 1 rings (SSSR count). The van der Waals surface area contributed by atoms with Gasteiger partial charge in [0.1, 0.15) is 0 Å². The zero-order valence-electron chi connectivity index (χ0n) is 9.38. The number of terminal acetylenes is 1. The van der Waals surface area contributed by atoms with E-state index in [0.29, 0.717) is 6.04 Å². The van der Waals surface area contributed by atoms with E-state index in [4.69, 9.17) is 6.42 Å². The minimum Gasteiger partial charge on any atom is -0.335 e. The molecule has 0 saturated heterocycles. The molecule has 0 aliphatic heterocycles. The summed E-state index contributed by atoms with van der Waals surface area (Å²) in [4.78, 5) is 11.5. The summed E-state index contributed by atoms with van der Waals surface area (Å²) in [7, 11) is 0. The fourth-order valence-electron chi connectivity index (χ4n) is 1.89. The van der Waals surface area contributed by atoms with E-state index in [1.54, 1.807) is 0 Å². The third-order valence-electron chi connectivity index (χ3n) is 2.86. The van der Waals surface area contributed by atoms with Crippen LogP contribution in [-0.4, -0.2) is 18.1 Å². The maximum Gasteiger partial charge on any atom is 0.315 e. The van der Waals surface area contributed by atoms with Gasteiger partial charge in [0.2, 0.25) is 0 Å². The van der Waals surface area contributed by atoms with Crippen LogP contribution in [0.4, 0.5) is 4.79 Å².